The van der Waals surface area contributed by atoms with Crippen molar-refractivity contribution in [2.75, 3.05) is 14.2 Å². The van der Waals surface area contributed by atoms with Crippen LogP contribution in [-0.2, 0) is 11.2 Å². The molecule has 5 heteroatoms. The molecule has 1 aromatic carbocycles. The molecule has 0 bridgehead atoms. The first-order valence-corrected chi connectivity index (χ1v) is 6.84. The zero-order valence-corrected chi connectivity index (χ0v) is 13.3. The standard InChI is InChI=1S/C14H19BrO4/c1-8-10(6-5-7-11(16)17)14(19-4)13(18-3)9(2)12(8)15/h5-7H2,1-4H3,(H,16,17). The summed E-state index contributed by atoms with van der Waals surface area (Å²) in [6.45, 7) is 3.95. The maximum atomic E-state index is 10.6. The summed E-state index contributed by atoms with van der Waals surface area (Å²) in [5, 5.41) is 8.72. The van der Waals surface area contributed by atoms with Crippen LogP contribution in [0.5, 0.6) is 11.5 Å². The second kappa shape index (κ2) is 6.80. The Kier molecular flexibility index (Phi) is 5.66. The Morgan fingerprint density at radius 2 is 1.74 bits per heavy atom. The monoisotopic (exact) mass is 330 g/mol. The van der Waals surface area contributed by atoms with E-state index in [4.69, 9.17) is 14.6 Å². The van der Waals surface area contributed by atoms with Crippen molar-refractivity contribution >= 4 is 21.9 Å². The molecule has 0 fully saturated rings. The molecule has 0 radical (unpaired) electrons. The Morgan fingerprint density at radius 1 is 1.16 bits per heavy atom. The SMILES string of the molecule is COc1c(C)c(Br)c(C)c(CCCC(=O)O)c1OC. The van der Waals surface area contributed by atoms with Gasteiger partial charge in [0.05, 0.1) is 14.2 Å². The molecule has 19 heavy (non-hydrogen) atoms. The maximum absolute atomic E-state index is 10.6. The number of hydrogen-bond acceptors (Lipinski definition) is 3. The molecule has 106 valence electrons. The second-order valence-electron chi connectivity index (χ2n) is 4.36. The molecule has 4 nitrogen and oxygen atoms in total. The average Bonchev–Trinajstić information content (AvgIpc) is 2.37. The normalized spacial score (nSPS) is 10.4. The van der Waals surface area contributed by atoms with E-state index < -0.39 is 5.97 Å². The fourth-order valence-electron chi connectivity index (χ4n) is 2.17. The largest absolute Gasteiger partial charge is 0.493 e. The Bertz CT molecular complexity index is 483. The molecule has 0 spiro atoms. The van der Waals surface area contributed by atoms with Crippen LogP contribution in [0.2, 0.25) is 0 Å². The van der Waals surface area contributed by atoms with Gasteiger partial charge in [-0.25, -0.2) is 0 Å². The van der Waals surface area contributed by atoms with Crippen LogP contribution in [0.3, 0.4) is 0 Å². The van der Waals surface area contributed by atoms with E-state index in [0.717, 1.165) is 21.2 Å². The number of carboxylic acid groups (broad SMARTS) is 1. The number of methoxy groups -OCH3 is 2. The molecule has 1 rings (SSSR count). The highest BCUT2D eigenvalue weighted by Gasteiger charge is 2.19. The molecule has 1 aromatic rings. The van der Waals surface area contributed by atoms with Gasteiger partial charge < -0.3 is 14.6 Å². The third-order valence-electron chi connectivity index (χ3n) is 3.16. The molecule has 0 heterocycles. The van der Waals surface area contributed by atoms with Gasteiger partial charge in [0, 0.05) is 22.0 Å². The molecule has 0 aromatic heterocycles. The van der Waals surface area contributed by atoms with Crippen LogP contribution in [0, 0.1) is 13.8 Å². The second-order valence-corrected chi connectivity index (χ2v) is 5.15. The van der Waals surface area contributed by atoms with Crippen molar-refractivity contribution in [2.24, 2.45) is 0 Å². The van der Waals surface area contributed by atoms with Gasteiger partial charge >= 0.3 is 5.97 Å². The highest BCUT2D eigenvalue weighted by molar-refractivity contribution is 9.10. The highest BCUT2D eigenvalue weighted by Crippen LogP contribution is 2.42. The van der Waals surface area contributed by atoms with Gasteiger partial charge in [0.25, 0.3) is 0 Å². The van der Waals surface area contributed by atoms with E-state index in [2.05, 4.69) is 15.9 Å². The third-order valence-corrected chi connectivity index (χ3v) is 4.35. The number of benzene rings is 1. The summed E-state index contributed by atoms with van der Waals surface area (Å²) in [6.07, 6.45) is 1.37. The summed E-state index contributed by atoms with van der Waals surface area (Å²) >= 11 is 3.55. The van der Waals surface area contributed by atoms with Crippen molar-refractivity contribution in [2.45, 2.75) is 33.1 Å². The molecule has 0 amide bonds. The van der Waals surface area contributed by atoms with Gasteiger partial charge in [-0.3, -0.25) is 4.79 Å². The fraction of sp³-hybridized carbons (Fsp3) is 0.500. The quantitative estimate of drug-likeness (QED) is 0.867. The van der Waals surface area contributed by atoms with E-state index in [1.807, 2.05) is 13.8 Å². The van der Waals surface area contributed by atoms with Crippen molar-refractivity contribution < 1.29 is 19.4 Å². The van der Waals surface area contributed by atoms with Gasteiger partial charge in [0.1, 0.15) is 0 Å². The summed E-state index contributed by atoms with van der Waals surface area (Å²) in [5.41, 5.74) is 3.05. The van der Waals surface area contributed by atoms with Crippen LogP contribution in [0.25, 0.3) is 0 Å². The zero-order valence-electron chi connectivity index (χ0n) is 11.7. The Balaban J connectivity index is 3.20. The van der Waals surface area contributed by atoms with Gasteiger partial charge in [-0.1, -0.05) is 15.9 Å². The molecular formula is C14H19BrO4. The lowest BCUT2D eigenvalue weighted by atomic mass is 9.98. The minimum absolute atomic E-state index is 0.149. The van der Waals surface area contributed by atoms with E-state index in [0.29, 0.717) is 24.3 Å². The molecule has 0 saturated carbocycles. The zero-order chi connectivity index (χ0) is 14.6. The molecule has 0 saturated heterocycles. The topological polar surface area (TPSA) is 55.8 Å². The average molecular weight is 331 g/mol. The molecule has 1 N–H and O–H groups in total. The van der Waals surface area contributed by atoms with Crippen molar-refractivity contribution in [3.05, 3.63) is 21.2 Å². The summed E-state index contributed by atoms with van der Waals surface area (Å²) in [5.74, 6) is 0.617. The van der Waals surface area contributed by atoms with E-state index in [-0.39, 0.29) is 6.42 Å². The van der Waals surface area contributed by atoms with E-state index in [1.165, 1.54) is 0 Å². The fourth-order valence-corrected chi connectivity index (χ4v) is 2.59. The van der Waals surface area contributed by atoms with Crippen LogP contribution < -0.4 is 9.47 Å². The van der Waals surface area contributed by atoms with Crippen LogP contribution in [0.4, 0.5) is 0 Å². The molecule has 0 aliphatic carbocycles. The minimum atomic E-state index is -0.783. The van der Waals surface area contributed by atoms with Crippen molar-refractivity contribution in [1.82, 2.24) is 0 Å². The number of halogens is 1. The predicted octanol–water partition coefficient (Wildman–Crippen LogP) is 3.49. The van der Waals surface area contributed by atoms with E-state index in [9.17, 15) is 4.79 Å². The van der Waals surface area contributed by atoms with Crippen LogP contribution >= 0.6 is 15.9 Å². The number of rotatable bonds is 6. The van der Waals surface area contributed by atoms with Gasteiger partial charge in [0.15, 0.2) is 11.5 Å². The smallest absolute Gasteiger partial charge is 0.303 e. The summed E-state index contributed by atoms with van der Waals surface area (Å²) < 4.78 is 11.8. The van der Waals surface area contributed by atoms with Crippen molar-refractivity contribution in [3.8, 4) is 11.5 Å². The first-order chi connectivity index (χ1) is 8.93. The molecule has 0 aliphatic rings. The van der Waals surface area contributed by atoms with Gasteiger partial charge in [0.2, 0.25) is 0 Å². The Hall–Kier alpha value is -1.23. The van der Waals surface area contributed by atoms with Crippen LogP contribution in [-0.4, -0.2) is 25.3 Å². The number of ether oxygens (including phenoxy) is 2. The lowest BCUT2D eigenvalue weighted by Crippen LogP contribution is -2.04. The minimum Gasteiger partial charge on any atom is -0.493 e. The first kappa shape index (κ1) is 15.8. The number of hydrogen-bond donors (Lipinski definition) is 1. The number of aliphatic carboxylic acids is 1. The van der Waals surface area contributed by atoms with Gasteiger partial charge in [-0.15, -0.1) is 0 Å². The predicted molar refractivity (Wildman–Crippen MR) is 77.3 cm³/mol. The third kappa shape index (κ3) is 3.41. The summed E-state index contributed by atoms with van der Waals surface area (Å²) in [4.78, 5) is 10.6. The van der Waals surface area contributed by atoms with Crippen molar-refractivity contribution in [1.29, 1.82) is 0 Å². The van der Waals surface area contributed by atoms with E-state index >= 15 is 0 Å². The number of carbonyl (C=O) groups is 1. The van der Waals surface area contributed by atoms with Gasteiger partial charge in [-0.05, 0) is 32.3 Å². The lowest BCUT2D eigenvalue weighted by Gasteiger charge is -2.19. The highest BCUT2D eigenvalue weighted by atomic mass is 79.9. The van der Waals surface area contributed by atoms with Crippen molar-refractivity contribution in [3.63, 3.8) is 0 Å². The Labute approximate surface area is 121 Å². The molecule has 0 atom stereocenters. The summed E-state index contributed by atoms with van der Waals surface area (Å²) in [7, 11) is 3.21. The number of carboxylic acids is 1. The first-order valence-electron chi connectivity index (χ1n) is 6.05. The van der Waals surface area contributed by atoms with E-state index in [1.54, 1.807) is 14.2 Å². The molecule has 0 unspecified atom stereocenters. The molecular weight excluding hydrogens is 312 g/mol. The van der Waals surface area contributed by atoms with Crippen LogP contribution in [0.1, 0.15) is 29.5 Å². The lowest BCUT2D eigenvalue weighted by molar-refractivity contribution is -0.137. The summed E-state index contributed by atoms with van der Waals surface area (Å²) in [6, 6.07) is 0. The maximum Gasteiger partial charge on any atom is 0.303 e. The van der Waals surface area contributed by atoms with Crippen LogP contribution in [0.15, 0.2) is 4.47 Å². The molecule has 0 aliphatic heterocycles. The van der Waals surface area contributed by atoms with Gasteiger partial charge in [-0.2, -0.15) is 0 Å². The Morgan fingerprint density at radius 3 is 2.21 bits per heavy atom.